The second-order valence-corrected chi connectivity index (χ2v) is 23.9. The Labute approximate surface area is 486 Å². The lowest BCUT2D eigenvalue weighted by molar-refractivity contribution is -0.334. The molecule has 2 aromatic rings. The highest BCUT2D eigenvalue weighted by Crippen LogP contribution is 2.48. The quantitative estimate of drug-likeness (QED) is 0.0956. The van der Waals surface area contributed by atoms with Gasteiger partial charge in [0.2, 0.25) is 6.29 Å². The average Bonchev–Trinajstić information content (AvgIpc) is 2.88. The van der Waals surface area contributed by atoms with Gasteiger partial charge in [-0.3, -0.25) is 19.2 Å². The van der Waals surface area contributed by atoms with Crippen molar-refractivity contribution >= 4 is 34.3 Å². The van der Waals surface area contributed by atoms with Crippen molar-refractivity contribution in [1.82, 2.24) is 0 Å². The summed E-state index contributed by atoms with van der Waals surface area (Å²) in [6.45, 7) is 16.7. The summed E-state index contributed by atoms with van der Waals surface area (Å²) in [7, 11) is 1.18. The van der Waals surface area contributed by atoms with Gasteiger partial charge in [-0.1, -0.05) is 13.8 Å². The van der Waals surface area contributed by atoms with Crippen molar-refractivity contribution in [1.29, 1.82) is 0 Å². The molecule has 25 unspecified atom stereocenters. The molecule has 26 nitrogen and oxygen atoms in total. The first-order chi connectivity index (χ1) is 39.4. The second kappa shape index (κ2) is 26.6. The highest BCUT2D eigenvalue weighted by Gasteiger charge is 2.53. The van der Waals surface area contributed by atoms with Gasteiger partial charge in [0, 0.05) is 57.6 Å². The molecule has 0 saturated carbocycles. The molecule has 84 heavy (non-hydrogen) atoms. The summed E-state index contributed by atoms with van der Waals surface area (Å²) in [4.78, 5) is 53.8. The van der Waals surface area contributed by atoms with Gasteiger partial charge in [0.25, 0.3) is 0 Å². The van der Waals surface area contributed by atoms with E-state index in [1.807, 2.05) is 0 Å². The van der Waals surface area contributed by atoms with Crippen LogP contribution in [0.25, 0.3) is 10.8 Å². The van der Waals surface area contributed by atoms with Crippen LogP contribution in [0.4, 0.5) is 0 Å². The van der Waals surface area contributed by atoms with Crippen LogP contribution >= 0.6 is 0 Å². The molecule has 0 aromatic heterocycles. The zero-order valence-corrected chi connectivity index (χ0v) is 49.3. The topological polar surface area (TPSA) is 370 Å². The molecule has 0 amide bonds. The van der Waals surface area contributed by atoms with E-state index in [0.29, 0.717) is 0 Å². The Morgan fingerprint density at radius 2 is 1.23 bits per heavy atom. The molecule has 6 aliphatic rings. The Morgan fingerprint density at radius 1 is 0.690 bits per heavy atom. The number of aromatic hydroxyl groups is 2. The van der Waals surface area contributed by atoms with Crippen molar-refractivity contribution in [3.63, 3.8) is 0 Å². The normalized spacial score (nSPS) is 39.5. The Balaban J connectivity index is 1.03. The van der Waals surface area contributed by atoms with E-state index in [4.69, 9.17) is 61.6 Å². The molecule has 2 aromatic carbocycles. The second-order valence-electron chi connectivity index (χ2n) is 23.9. The van der Waals surface area contributed by atoms with Gasteiger partial charge in [0.1, 0.15) is 65.6 Å². The molecule has 0 bridgehead atoms. The summed E-state index contributed by atoms with van der Waals surface area (Å²) in [5.74, 6) is -5.77. The van der Waals surface area contributed by atoms with Gasteiger partial charge in [-0.15, -0.1) is 0 Å². The summed E-state index contributed by atoms with van der Waals surface area (Å²) in [6, 6.07) is 3.01. The number of aliphatic hydroxyl groups is 7. The summed E-state index contributed by atoms with van der Waals surface area (Å²) in [6.07, 6.45) is -27.4. The summed E-state index contributed by atoms with van der Waals surface area (Å²) in [5.41, 5.74) is -1.56. The van der Waals surface area contributed by atoms with Crippen LogP contribution in [0, 0.1) is 18.8 Å². The van der Waals surface area contributed by atoms with Crippen molar-refractivity contribution in [3.05, 3.63) is 28.8 Å². The molecule has 9 N–H and O–H groups in total. The van der Waals surface area contributed by atoms with Crippen LogP contribution in [0.5, 0.6) is 17.2 Å². The number of ether oxygens (including phenoxy) is 13. The predicted molar refractivity (Wildman–Crippen MR) is 287 cm³/mol. The average molecular weight is 1200 g/mol. The Hall–Kier alpha value is -4.30. The molecule has 5 aliphatic heterocycles. The molecule has 0 spiro atoms. The number of Topliss-reactive ketones (excluding diaryl/α,β-unsaturated/α-hetero) is 2. The summed E-state index contributed by atoms with van der Waals surface area (Å²) >= 11 is 0. The lowest BCUT2D eigenvalue weighted by Crippen LogP contribution is -2.59. The van der Waals surface area contributed by atoms with E-state index < -0.39 is 194 Å². The number of ketones is 2. The van der Waals surface area contributed by atoms with E-state index in [1.54, 1.807) is 41.5 Å². The van der Waals surface area contributed by atoms with Crippen LogP contribution in [0.15, 0.2) is 12.1 Å². The number of rotatable bonds is 18. The molecule has 5 heterocycles. The number of carbonyl (C=O) groups excluding carboxylic acids is 4. The molecule has 5 fully saturated rings. The zero-order valence-electron chi connectivity index (χ0n) is 49.3. The largest absolute Gasteiger partial charge is 0.507 e. The first-order valence-electron chi connectivity index (χ1n) is 28.7. The highest BCUT2D eigenvalue weighted by atomic mass is 16.7. The number of hydrogen-bond donors (Lipinski definition) is 9. The molecule has 0 radical (unpaired) electrons. The Bertz CT molecular complexity index is 2650. The maximum Gasteiger partial charge on any atom is 0.308 e. The monoisotopic (exact) mass is 1200 g/mol. The van der Waals surface area contributed by atoms with Gasteiger partial charge < -0.3 is 108 Å². The van der Waals surface area contributed by atoms with Crippen LogP contribution in [0.3, 0.4) is 0 Å². The van der Waals surface area contributed by atoms with E-state index in [9.17, 15) is 60.3 Å². The number of aliphatic hydroxyl groups excluding tert-OH is 6. The number of esters is 2. The third-order valence-corrected chi connectivity index (χ3v) is 16.8. The Kier molecular flexibility index (Phi) is 20.8. The number of carbonyl (C=O) groups is 4. The minimum Gasteiger partial charge on any atom is -0.507 e. The Morgan fingerprint density at radius 3 is 1.79 bits per heavy atom. The number of fused-ring (bicyclic) bond motifs is 2. The number of phenols is 2. The smallest absolute Gasteiger partial charge is 0.308 e. The molecule has 8 rings (SSSR count). The zero-order chi connectivity index (χ0) is 61.7. The molecule has 5 saturated heterocycles. The molecule has 1 aliphatic carbocycles. The molecular formula is C58H84O26. The van der Waals surface area contributed by atoms with E-state index in [0.717, 1.165) is 0 Å². The first-order valence-corrected chi connectivity index (χ1v) is 28.7. The molecule has 26 heteroatoms. The van der Waals surface area contributed by atoms with Crippen LogP contribution in [-0.4, -0.2) is 223 Å². The fraction of sp³-hybridized carbons (Fsp3) is 0.759. The lowest BCUT2D eigenvalue weighted by atomic mass is 9.75. The van der Waals surface area contributed by atoms with Crippen LogP contribution in [0.2, 0.25) is 0 Å². The van der Waals surface area contributed by atoms with E-state index in [2.05, 4.69) is 0 Å². The third kappa shape index (κ3) is 14.0. The number of benzene rings is 2. The van der Waals surface area contributed by atoms with Crippen LogP contribution in [-0.2, 0) is 77.6 Å². The van der Waals surface area contributed by atoms with Gasteiger partial charge in [-0.25, -0.2) is 0 Å². The van der Waals surface area contributed by atoms with Crippen LogP contribution < -0.4 is 4.74 Å². The third-order valence-electron chi connectivity index (χ3n) is 16.8. The van der Waals surface area contributed by atoms with Gasteiger partial charge in [0.15, 0.2) is 48.9 Å². The molecular weight excluding hydrogens is 1110 g/mol. The summed E-state index contributed by atoms with van der Waals surface area (Å²) in [5, 5.41) is 100. The van der Waals surface area contributed by atoms with Gasteiger partial charge in [-0.05, 0) is 84.9 Å². The van der Waals surface area contributed by atoms with Crippen LogP contribution in [0.1, 0.15) is 123 Å². The lowest BCUT2D eigenvalue weighted by Gasteiger charge is -2.47. The number of methoxy groups -OCH3 is 1. The maximum absolute atomic E-state index is 15.1. The van der Waals surface area contributed by atoms with Gasteiger partial charge >= 0.3 is 11.9 Å². The highest BCUT2D eigenvalue weighted by molar-refractivity contribution is 6.11. The number of hydrogen-bond acceptors (Lipinski definition) is 26. The minimum atomic E-state index is -1.97. The standard InChI is InChI=1S/C58H84O26/c1-21(2)57(70)84-56-28(9)77-42(20-58(56,11)71)81-36-17-39(74-25(6)49(36)66)80-35-18-41(75-26(7)48(35)65)83-55-32(54(72-12)52(69)46(63)23(4)59)14-30-13-31-15-34(22(3)45(62)43(31)50(67)44(30)51(55)68)79-40-19-37(53(27(8)76-40)78-29(10)60)82-38-16-33(61)47(64)24(5)73-38/h13,15,21,23-28,32-33,35-42,46-49,53-56,59,61-67,71H,14,16-20H2,1-12H3. The van der Waals surface area contributed by atoms with Crippen molar-refractivity contribution in [3.8, 4) is 17.2 Å². The van der Waals surface area contributed by atoms with E-state index in [1.165, 1.54) is 53.9 Å². The first kappa shape index (κ1) is 65.7. The minimum absolute atomic E-state index is 0.0584. The number of phenolic OH excluding ortho intramolecular Hbond substituents is 2. The summed E-state index contributed by atoms with van der Waals surface area (Å²) < 4.78 is 78.8. The molecule has 25 atom stereocenters. The fourth-order valence-corrected chi connectivity index (χ4v) is 12.2. The van der Waals surface area contributed by atoms with E-state index >= 15 is 4.79 Å². The molecule has 472 valence electrons. The van der Waals surface area contributed by atoms with Crippen molar-refractivity contribution < 1.29 is 127 Å². The van der Waals surface area contributed by atoms with Crippen molar-refractivity contribution in [2.24, 2.45) is 11.8 Å². The fourth-order valence-electron chi connectivity index (χ4n) is 12.2. The predicted octanol–water partition coefficient (Wildman–Crippen LogP) is 1.53. The van der Waals surface area contributed by atoms with Gasteiger partial charge in [-0.2, -0.15) is 0 Å². The van der Waals surface area contributed by atoms with Gasteiger partial charge in [0.05, 0.1) is 71.8 Å². The van der Waals surface area contributed by atoms with Crippen molar-refractivity contribution in [2.75, 3.05) is 7.11 Å². The van der Waals surface area contributed by atoms with E-state index in [-0.39, 0.29) is 71.7 Å². The van der Waals surface area contributed by atoms with Crippen molar-refractivity contribution in [2.45, 2.75) is 262 Å². The maximum atomic E-state index is 15.1. The SMILES string of the molecule is COC(C(=O)C(O)C(C)O)C1Cc2cc3cc(OC4CC(OC5CC(O)C(O)C(C)O5)C(OC(C)=O)C(C)O4)c(C)c(O)c3c(O)c2C(=O)C1OC1CC(OC2CC(OC3CC(C)(O)C(OC(=O)C(C)C)C(C)O3)C(O)C(C)O2)C(O)C(C)O1.